The average molecular weight is 630 g/mol. The minimum absolute atomic E-state index is 0.0569. The fourth-order valence-corrected chi connectivity index (χ4v) is 8.52. The lowest BCUT2D eigenvalue weighted by atomic mass is 9.49. The summed E-state index contributed by atoms with van der Waals surface area (Å²) in [4.78, 5) is 70.3. The fraction of sp³-hybridized carbons (Fsp3) is 0.242. The number of urea groups is 1. The van der Waals surface area contributed by atoms with Crippen molar-refractivity contribution in [3.63, 3.8) is 0 Å². The van der Waals surface area contributed by atoms with Crippen molar-refractivity contribution in [1.29, 1.82) is 0 Å². The molecule has 44 heavy (non-hydrogen) atoms. The Morgan fingerprint density at radius 1 is 0.886 bits per heavy atom. The molecule has 3 N–H and O–H groups in total. The first-order valence-corrected chi connectivity index (χ1v) is 14.9. The van der Waals surface area contributed by atoms with Crippen LogP contribution in [0.25, 0.3) is 0 Å². The van der Waals surface area contributed by atoms with Crippen LogP contribution in [0.3, 0.4) is 0 Å². The largest absolute Gasteiger partial charge is 0.508 e. The molecular weight excluding hydrogens is 605 g/mol. The van der Waals surface area contributed by atoms with Crippen LogP contribution < -0.4 is 10.6 Å². The van der Waals surface area contributed by atoms with Crippen molar-refractivity contribution in [3.05, 3.63) is 106 Å². The van der Waals surface area contributed by atoms with Crippen molar-refractivity contribution in [1.82, 2.24) is 4.90 Å². The van der Waals surface area contributed by atoms with E-state index in [1.165, 1.54) is 12.1 Å². The number of primary amides is 1. The maximum Gasteiger partial charge on any atom is 0.328 e. The predicted octanol–water partition coefficient (Wildman–Crippen LogP) is 4.94. The van der Waals surface area contributed by atoms with Gasteiger partial charge in [0, 0.05) is 16.0 Å². The van der Waals surface area contributed by atoms with E-state index < -0.39 is 64.7 Å². The number of fused-ring (bicyclic) bond motifs is 4. The summed E-state index contributed by atoms with van der Waals surface area (Å²) in [5.41, 5.74) is 5.96. The van der Waals surface area contributed by atoms with Gasteiger partial charge in [0.2, 0.25) is 23.6 Å². The molecule has 0 spiro atoms. The van der Waals surface area contributed by atoms with Gasteiger partial charge in [-0.05, 0) is 60.2 Å². The Labute approximate surface area is 261 Å². The number of carbonyl (C=O) groups excluding carboxylic acids is 5. The molecule has 0 radical (unpaired) electrons. The Hall–Kier alpha value is -4.47. The van der Waals surface area contributed by atoms with Gasteiger partial charge < -0.3 is 10.8 Å². The second-order valence-electron chi connectivity index (χ2n) is 11.6. The Bertz CT molecular complexity index is 1830. The number of aromatic hydroxyl groups is 1. The lowest BCUT2D eigenvalue weighted by Gasteiger charge is -2.51. The van der Waals surface area contributed by atoms with Crippen molar-refractivity contribution in [3.8, 4) is 5.75 Å². The molecule has 2 aliphatic heterocycles. The molecule has 9 nitrogen and oxygen atoms in total. The highest BCUT2D eigenvalue weighted by atomic mass is 35.5. The van der Waals surface area contributed by atoms with Crippen LogP contribution in [0.15, 0.2) is 84.4 Å². The summed E-state index contributed by atoms with van der Waals surface area (Å²) in [7, 11) is 0. The van der Waals surface area contributed by atoms with Gasteiger partial charge in [-0.2, -0.15) is 4.90 Å². The Balaban J connectivity index is 1.52. The highest BCUT2D eigenvalue weighted by Crippen LogP contribution is 2.65. The Morgan fingerprint density at radius 3 is 2.32 bits per heavy atom. The smallest absolute Gasteiger partial charge is 0.328 e. The van der Waals surface area contributed by atoms with E-state index in [9.17, 15) is 24.3 Å². The number of phenols is 1. The number of hydrogen-bond acceptors (Lipinski definition) is 6. The van der Waals surface area contributed by atoms with Gasteiger partial charge in [-0.25, -0.2) is 9.69 Å². The molecule has 4 aliphatic rings. The quantitative estimate of drug-likeness (QED) is 0.311. The van der Waals surface area contributed by atoms with Crippen molar-refractivity contribution < 1.29 is 29.1 Å². The van der Waals surface area contributed by atoms with Crippen molar-refractivity contribution >= 4 is 58.5 Å². The molecule has 2 heterocycles. The van der Waals surface area contributed by atoms with Crippen LogP contribution in [-0.2, 0) is 24.6 Å². The number of imide groups is 4. The molecule has 0 bridgehead atoms. The van der Waals surface area contributed by atoms with E-state index in [0.29, 0.717) is 32.3 Å². The topological polar surface area (TPSA) is 138 Å². The second kappa shape index (κ2) is 10.0. The first-order chi connectivity index (χ1) is 21.1. The van der Waals surface area contributed by atoms with Crippen LogP contribution in [-0.4, -0.2) is 39.7 Å². The van der Waals surface area contributed by atoms with Gasteiger partial charge in [-0.15, -0.1) is 0 Å². The van der Waals surface area contributed by atoms with Gasteiger partial charge in [-0.3, -0.25) is 19.2 Å². The number of hydrogen-bond donors (Lipinski definition) is 2. The Kier molecular flexibility index (Phi) is 6.46. The summed E-state index contributed by atoms with van der Waals surface area (Å²) in [6.07, 6.45) is 2.03. The number of likely N-dealkylation sites (tertiary alicyclic amines) is 1. The maximum atomic E-state index is 15.1. The third-order valence-corrected chi connectivity index (χ3v) is 10.2. The van der Waals surface area contributed by atoms with Crippen molar-refractivity contribution in [2.75, 3.05) is 4.90 Å². The van der Waals surface area contributed by atoms with E-state index in [0.717, 1.165) is 4.90 Å². The number of benzene rings is 3. The molecule has 6 unspecified atom stereocenters. The van der Waals surface area contributed by atoms with Crippen LogP contribution in [0.4, 0.5) is 10.5 Å². The normalized spacial score (nSPS) is 29.3. The minimum atomic E-state index is -1.51. The summed E-state index contributed by atoms with van der Waals surface area (Å²) in [6, 6.07) is 18.8. The molecule has 6 amide bonds. The number of carbonyl (C=O) groups is 5. The summed E-state index contributed by atoms with van der Waals surface area (Å²) in [5.74, 6) is -6.75. The summed E-state index contributed by atoms with van der Waals surface area (Å²) < 4.78 is 0. The number of anilines is 1. The number of allylic oxidation sites excluding steroid dienone is 2. The molecule has 222 valence electrons. The zero-order valence-corrected chi connectivity index (χ0v) is 24.5. The monoisotopic (exact) mass is 629 g/mol. The summed E-state index contributed by atoms with van der Waals surface area (Å²) >= 11 is 13.1. The van der Waals surface area contributed by atoms with E-state index in [1.807, 2.05) is 12.1 Å². The first kappa shape index (κ1) is 28.3. The summed E-state index contributed by atoms with van der Waals surface area (Å²) in [6.45, 7) is 0. The SMILES string of the molecule is NC(=O)N1C(=O)C2CC=C3C(CC4C(=O)N(c5cccc(Cl)c5)C(=O)C4(c4ccccc4)C3c3ccc(O)cc3Cl)C2C1=O. The van der Waals surface area contributed by atoms with Gasteiger partial charge in [0.1, 0.15) is 5.75 Å². The number of nitrogens with two attached hydrogens (primary N) is 1. The van der Waals surface area contributed by atoms with Gasteiger partial charge in [0.25, 0.3) is 0 Å². The average Bonchev–Trinajstić information content (AvgIpc) is 3.39. The highest BCUT2D eigenvalue weighted by molar-refractivity contribution is 6.33. The van der Waals surface area contributed by atoms with Crippen LogP contribution in [0, 0.1) is 23.7 Å². The standard InChI is InChI=1S/C33H25Cl2N3O6/c34-17-7-4-8-18(13-17)37-29(41)24-15-23-20(11-12-22-26(23)30(42)38(28(22)40)32(36)44)27(21-10-9-19(39)14-25(21)35)33(24,31(37)43)16-5-2-1-3-6-16/h1-11,13-14,22-24,26-27,39H,12,15H2,(H2,36,44). The molecule has 6 atom stereocenters. The van der Waals surface area contributed by atoms with Crippen LogP contribution >= 0.6 is 23.2 Å². The molecule has 11 heteroatoms. The van der Waals surface area contributed by atoms with Crippen molar-refractivity contribution in [2.24, 2.45) is 29.4 Å². The molecule has 2 saturated heterocycles. The van der Waals surface area contributed by atoms with Gasteiger partial charge in [0.05, 0.1) is 28.9 Å². The molecule has 0 aromatic heterocycles. The Morgan fingerprint density at radius 2 is 1.64 bits per heavy atom. The molecule has 1 saturated carbocycles. The van der Waals surface area contributed by atoms with E-state index in [1.54, 1.807) is 54.6 Å². The zero-order valence-electron chi connectivity index (χ0n) is 23.0. The minimum Gasteiger partial charge on any atom is -0.508 e. The molecular formula is C33H25Cl2N3O6. The van der Waals surface area contributed by atoms with Crippen LogP contribution in [0.5, 0.6) is 5.75 Å². The highest BCUT2D eigenvalue weighted by Gasteiger charge is 2.70. The molecule has 3 aromatic rings. The van der Waals surface area contributed by atoms with Gasteiger partial charge in [0.15, 0.2) is 0 Å². The number of halogens is 2. The second-order valence-corrected chi connectivity index (χ2v) is 12.5. The lowest BCUT2D eigenvalue weighted by molar-refractivity contribution is -0.136. The van der Waals surface area contributed by atoms with Crippen LogP contribution in [0.1, 0.15) is 29.9 Å². The third kappa shape index (κ3) is 3.75. The van der Waals surface area contributed by atoms with E-state index in [2.05, 4.69) is 0 Å². The number of amides is 6. The van der Waals surface area contributed by atoms with E-state index in [-0.39, 0.29) is 23.6 Å². The molecule has 2 aliphatic carbocycles. The van der Waals surface area contributed by atoms with E-state index in [4.69, 9.17) is 28.9 Å². The first-order valence-electron chi connectivity index (χ1n) is 14.1. The van der Waals surface area contributed by atoms with Crippen molar-refractivity contribution in [2.45, 2.75) is 24.2 Å². The predicted molar refractivity (Wildman–Crippen MR) is 161 cm³/mol. The number of phenolic OH excluding ortho intramolecular Hbond substituents is 1. The molecule has 3 fully saturated rings. The van der Waals surface area contributed by atoms with Gasteiger partial charge in [-0.1, -0.05) is 77.3 Å². The van der Waals surface area contributed by atoms with Crippen LogP contribution in [0.2, 0.25) is 10.0 Å². The third-order valence-electron chi connectivity index (χ3n) is 9.68. The van der Waals surface area contributed by atoms with E-state index >= 15 is 4.79 Å². The lowest BCUT2D eigenvalue weighted by Crippen LogP contribution is -2.53. The number of rotatable bonds is 3. The zero-order chi connectivity index (χ0) is 31.1. The molecule has 3 aromatic carbocycles. The number of nitrogens with zero attached hydrogens (tertiary/aromatic N) is 2. The van der Waals surface area contributed by atoms with Gasteiger partial charge >= 0.3 is 6.03 Å². The maximum absolute atomic E-state index is 15.1. The molecule has 7 rings (SSSR count). The summed E-state index contributed by atoms with van der Waals surface area (Å²) in [5, 5.41) is 10.8. The fourth-order valence-electron chi connectivity index (χ4n) is 8.06.